The second kappa shape index (κ2) is 8.06. The molecule has 0 radical (unpaired) electrons. The van der Waals surface area contributed by atoms with Gasteiger partial charge >= 0.3 is 0 Å². The quantitative estimate of drug-likeness (QED) is 0.775. The molecule has 1 atom stereocenters. The molecule has 1 aromatic rings. The van der Waals surface area contributed by atoms with Crippen molar-refractivity contribution in [2.24, 2.45) is 0 Å². The van der Waals surface area contributed by atoms with E-state index in [0.29, 0.717) is 31.0 Å². The molecule has 0 bridgehead atoms. The zero-order valence-corrected chi connectivity index (χ0v) is 16.4. The first-order valence-electron chi connectivity index (χ1n) is 9.28. The van der Waals surface area contributed by atoms with Crippen LogP contribution in [-0.2, 0) is 21.2 Å². The predicted molar refractivity (Wildman–Crippen MR) is 101 cm³/mol. The van der Waals surface area contributed by atoms with Crippen LogP contribution in [0.5, 0.6) is 0 Å². The maximum atomic E-state index is 12.7. The van der Waals surface area contributed by atoms with E-state index in [4.69, 9.17) is 4.74 Å². The Bertz CT molecular complexity index is 722. The van der Waals surface area contributed by atoms with Crippen LogP contribution in [0.15, 0.2) is 24.3 Å². The first kappa shape index (κ1) is 19.3. The molecule has 2 heterocycles. The molecule has 7 heteroatoms. The van der Waals surface area contributed by atoms with Gasteiger partial charge < -0.3 is 9.64 Å². The normalized spacial score (nSPS) is 23.5. The highest BCUT2D eigenvalue weighted by atomic mass is 32.2. The number of benzene rings is 1. The Kier molecular flexibility index (Phi) is 5.99. The van der Waals surface area contributed by atoms with Gasteiger partial charge in [0.15, 0.2) is 9.84 Å². The fraction of sp³-hybridized carbons (Fsp3) is 0.632. The molecule has 144 valence electrons. The number of hydrogen-bond acceptors (Lipinski definition) is 5. The fourth-order valence-corrected chi connectivity index (χ4v) is 5.30. The molecule has 0 saturated carbocycles. The Hall–Kier alpha value is -1.44. The van der Waals surface area contributed by atoms with E-state index in [0.717, 1.165) is 25.1 Å². The van der Waals surface area contributed by atoms with Crippen LogP contribution >= 0.6 is 0 Å². The van der Waals surface area contributed by atoms with Gasteiger partial charge in [-0.1, -0.05) is 12.1 Å². The lowest BCUT2D eigenvalue weighted by molar-refractivity contribution is 0.0586. The van der Waals surface area contributed by atoms with Gasteiger partial charge in [-0.3, -0.25) is 9.69 Å². The Morgan fingerprint density at radius 1 is 1.15 bits per heavy atom. The molecule has 2 aliphatic rings. The minimum absolute atomic E-state index is 0.0417. The lowest BCUT2D eigenvalue weighted by Crippen LogP contribution is -2.52. The van der Waals surface area contributed by atoms with E-state index in [1.54, 1.807) is 0 Å². The van der Waals surface area contributed by atoms with Crippen molar-refractivity contribution in [3.63, 3.8) is 0 Å². The topological polar surface area (TPSA) is 66.9 Å². The van der Waals surface area contributed by atoms with Crippen molar-refractivity contribution in [1.29, 1.82) is 0 Å². The summed E-state index contributed by atoms with van der Waals surface area (Å²) in [7, 11) is -2.86. The predicted octanol–water partition coefficient (Wildman–Crippen LogP) is 1.56. The summed E-state index contributed by atoms with van der Waals surface area (Å²) in [5, 5.41) is 0. The third kappa shape index (κ3) is 4.84. The van der Waals surface area contributed by atoms with Gasteiger partial charge in [0.05, 0.1) is 24.2 Å². The van der Waals surface area contributed by atoms with Crippen LogP contribution in [0.3, 0.4) is 0 Å². The molecule has 2 saturated heterocycles. The summed E-state index contributed by atoms with van der Waals surface area (Å²) in [6.45, 7) is 7.33. The van der Waals surface area contributed by atoms with Crippen molar-refractivity contribution < 1.29 is 17.9 Å². The van der Waals surface area contributed by atoms with Gasteiger partial charge in [0.25, 0.3) is 5.91 Å². The van der Waals surface area contributed by atoms with Crippen molar-refractivity contribution in [2.75, 3.05) is 37.7 Å². The number of sulfone groups is 1. The van der Waals surface area contributed by atoms with Crippen LogP contribution in [0.4, 0.5) is 0 Å². The maximum absolute atomic E-state index is 12.7. The smallest absolute Gasteiger partial charge is 0.253 e. The Morgan fingerprint density at radius 3 is 2.35 bits per heavy atom. The SMILES string of the molecule is CC(C)OCc1ccc(C(=O)N2CCN([C@H]3CCS(=O)(=O)C3)CC2)cc1. The molecular weight excluding hydrogens is 352 g/mol. The summed E-state index contributed by atoms with van der Waals surface area (Å²) in [4.78, 5) is 16.8. The van der Waals surface area contributed by atoms with E-state index in [1.807, 2.05) is 43.0 Å². The van der Waals surface area contributed by atoms with Gasteiger partial charge in [0.2, 0.25) is 0 Å². The minimum Gasteiger partial charge on any atom is -0.374 e. The van der Waals surface area contributed by atoms with E-state index in [9.17, 15) is 13.2 Å². The first-order chi connectivity index (χ1) is 12.3. The number of ether oxygens (including phenoxy) is 1. The van der Waals surface area contributed by atoms with Gasteiger partial charge in [-0.25, -0.2) is 8.42 Å². The summed E-state index contributed by atoms with van der Waals surface area (Å²) in [6.07, 6.45) is 0.901. The Balaban J connectivity index is 1.52. The van der Waals surface area contributed by atoms with E-state index in [2.05, 4.69) is 4.90 Å². The zero-order chi connectivity index (χ0) is 18.7. The minimum atomic E-state index is -2.86. The molecule has 1 amide bonds. The van der Waals surface area contributed by atoms with E-state index in [-0.39, 0.29) is 23.8 Å². The highest BCUT2D eigenvalue weighted by Crippen LogP contribution is 2.20. The zero-order valence-electron chi connectivity index (χ0n) is 15.6. The van der Waals surface area contributed by atoms with Gasteiger partial charge in [-0.15, -0.1) is 0 Å². The molecule has 0 unspecified atom stereocenters. The van der Waals surface area contributed by atoms with Crippen LogP contribution in [0.25, 0.3) is 0 Å². The largest absolute Gasteiger partial charge is 0.374 e. The Labute approximate surface area is 156 Å². The van der Waals surface area contributed by atoms with Gasteiger partial charge in [0.1, 0.15) is 0 Å². The summed E-state index contributed by atoms with van der Waals surface area (Å²) < 4.78 is 28.9. The molecule has 0 spiro atoms. The van der Waals surface area contributed by atoms with Crippen LogP contribution in [0, 0.1) is 0 Å². The van der Waals surface area contributed by atoms with Crippen LogP contribution in [-0.4, -0.2) is 74.0 Å². The average molecular weight is 381 g/mol. The average Bonchev–Trinajstić information content (AvgIpc) is 3.00. The van der Waals surface area contributed by atoms with Gasteiger partial charge in [-0.2, -0.15) is 0 Å². The van der Waals surface area contributed by atoms with Gasteiger partial charge in [-0.05, 0) is 38.0 Å². The Morgan fingerprint density at radius 2 is 1.81 bits per heavy atom. The number of rotatable bonds is 5. The lowest BCUT2D eigenvalue weighted by atomic mass is 10.1. The molecule has 26 heavy (non-hydrogen) atoms. The lowest BCUT2D eigenvalue weighted by Gasteiger charge is -2.37. The maximum Gasteiger partial charge on any atom is 0.253 e. The number of amides is 1. The number of carbonyl (C=O) groups excluding carboxylic acids is 1. The van der Waals surface area contributed by atoms with Crippen molar-refractivity contribution in [3.05, 3.63) is 35.4 Å². The molecule has 3 rings (SSSR count). The van der Waals surface area contributed by atoms with Crippen molar-refractivity contribution in [1.82, 2.24) is 9.80 Å². The monoisotopic (exact) mass is 380 g/mol. The van der Waals surface area contributed by atoms with Crippen molar-refractivity contribution in [2.45, 2.75) is 39.0 Å². The number of hydrogen-bond donors (Lipinski definition) is 0. The molecule has 0 aliphatic carbocycles. The van der Waals surface area contributed by atoms with Gasteiger partial charge in [0, 0.05) is 37.8 Å². The van der Waals surface area contributed by atoms with Crippen LogP contribution in [0.1, 0.15) is 36.2 Å². The number of carbonyl (C=O) groups is 1. The molecule has 1 aromatic carbocycles. The fourth-order valence-electron chi connectivity index (χ4n) is 3.54. The molecule has 0 N–H and O–H groups in total. The summed E-state index contributed by atoms with van der Waals surface area (Å²) in [6, 6.07) is 7.72. The number of piperazine rings is 1. The molecule has 6 nitrogen and oxygen atoms in total. The summed E-state index contributed by atoms with van der Waals surface area (Å²) in [5.74, 6) is 0.602. The third-order valence-corrected chi connectivity index (χ3v) is 6.86. The third-order valence-electron chi connectivity index (χ3n) is 5.11. The molecule has 0 aromatic heterocycles. The molecular formula is C19H28N2O4S. The van der Waals surface area contributed by atoms with E-state index < -0.39 is 9.84 Å². The van der Waals surface area contributed by atoms with E-state index in [1.165, 1.54) is 0 Å². The standard InChI is InChI=1S/C19H28N2O4S/c1-15(2)25-13-16-3-5-17(6-4-16)19(22)21-10-8-20(9-11-21)18-7-12-26(23,24)14-18/h3-6,15,18H,7-14H2,1-2H3/t18-/m0/s1. The second-order valence-corrected chi connectivity index (χ2v) is 9.67. The summed E-state index contributed by atoms with van der Waals surface area (Å²) in [5.41, 5.74) is 1.75. The van der Waals surface area contributed by atoms with Crippen LogP contribution < -0.4 is 0 Å². The first-order valence-corrected chi connectivity index (χ1v) is 11.1. The van der Waals surface area contributed by atoms with E-state index >= 15 is 0 Å². The molecule has 2 fully saturated rings. The summed E-state index contributed by atoms with van der Waals surface area (Å²) >= 11 is 0. The van der Waals surface area contributed by atoms with Crippen LogP contribution in [0.2, 0.25) is 0 Å². The van der Waals surface area contributed by atoms with Crippen molar-refractivity contribution >= 4 is 15.7 Å². The second-order valence-electron chi connectivity index (χ2n) is 7.44. The number of nitrogens with zero attached hydrogens (tertiary/aromatic N) is 2. The highest BCUT2D eigenvalue weighted by Gasteiger charge is 2.34. The highest BCUT2D eigenvalue weighted by molar-refractivity contribution is 7.91. The molecule has 2 aliphatic heterocycles. The van der Waals surface area contributed by atoms with Crippen molar-refractivity contribution in [3.8, 4) is 0 Å².